The van der Waals surface area contributed by atoms with E-state index in [1.54, 1.807) is 13.0 Å². The molecule has 1 aromatic heterocycles. The van der Waals surface area contributed by atoms with Crippen molar-refractivity contribution in [2.45, 2.75) is 33.0 Å². The Hall–Kier alpha value is -3.62. The average Bonchev–Trinajstić information content (AvgIpc) is 3.16. The van der Waals surface area contributed by atoms with Crippen LogP contribution in [0.25, 0.3) is 0 Å². The maximum atomic E-state index is 13.8. The fourth-order valence-corrected chi connectivity index (χ4v) is 3.81. The third-order valence-corrected chi connectivity index (χ3v) is 5.23. The number of aromatic nitrogens is 3. The second-order valence-corrected chi connectivity index (χ2v) is 7.45. The number of hydrogen-bond donors (Lipinski definition) is 2. The Morgan fingerprint density at radius 2 is 1.87 bits per heavy atom. The van der Waals surface area contributed by atoms with Gasteiger partial charge in [-0.2, -0.15) is 23.3 Å². The van der Waals surface area contributed by atoms with E-state index in [-0.39, 0.29) is 17.1 Å². The van der Waals surface area contributed by atoms with Crippen molar-refractivity contribution in [2.75, 3.05) is 10.6 Å². The third kappa shape index (κ3) is 3.78. The van der Waals surface area contributed by atoms with Gasteiger partial charge in [-0.3, -0.25) is 4.79 Å². The van der Waals surface area contributed by atoms with E-state index in [9.17, 15) is 18.0 Å². The van der Waals surface area contributed by atoms with Gasteiger partial charge in [-0.05, 0) is 44.0 Å². The molecule has 2 N–H and O–H groups in total. The molecule has 2 aromatic carbocycles. The number of alkyl halides is 3. The number of carbonyl (C=O) groups excluding carboxylic acids is 1. The van der Waals surface area contributed by atoms with Gasteiger partial charge in [0.05, 0.1) is 11.1 Å². The van der Waals surface area contributed by atoms with Gasteiger partial charge in [0.1, 0.15) is 12.4 Å². The number of fused-ring (bicyclic) bond motifs is 1. The molecular weight excluding hydrogens is 407 g/mol. The van der Waals surface area contributed by atoms with Crippen LogP contribution in [0.5, 0.6) is 0 Å². The monoisotopic (exact) mass is 427 g/mol. The molecule has 4 rings (SSSR count). The normalized spacial score (nSPS) is 16.0. The first-order chi connectivity index (χ1) is 14.7. The average molecular weight is 427 g/mol. The van der Waals surface area contributed by atoms with Crippen LogP contribution < -0.4 is 10.6 Å². The number of amides is 1. The van der Waals surface area contributed by atoms with Crippen LogP contribution in [-0.2, 0) is 11.0 Å². The molecule has 0 fully saturated rings. The molecule has 3 aromatic rings. The van der Waals surface area contributed by atoms with Crippen molar-refractivity contribution in [3.05, 3.63) is 82.3 Å². The van der Waals surface area contributed by atoms with Gasteiger partial charge >= 0.3 is 6.18 Å². The lowest BCUT2D eigenvalue weighted by Crippen LogP contribution is -2.32. The highest BCUT2D eigenvalue weighted by Gasteiger charge is 2.40. The summed E-state index contributed by atoms with van der Waals surface area (Å²) in [6.07, 6.45) is -3.35. The number of rotatable bonds is 3. The maximum absolute atomic E-state index is 13.8. The minimum Gasteiger partial charge on any atom is -0.328 e. The molecule has 1 aliphatic heterocycles. The molecule has 0 saturated carbocycles. The highest BCUT2D eigenvalue weighted by atomic mass is 19.4. The topological polar surface area (TPSA) is 71.8 Å². The molecule has 160 valence electrons. The van der Waals surface area contributed by atoms with Gasteiger partial charge in [0.2, 0.25) is 5.95 Å². The van der Waals surface area contributed by atoms with Crippen LogP contribution in [0.4, 0.5) is 24.8 Å². The van der Waals surface area contributed by atoms with Gasteiger partial charge in [-0.25, -0.2) is 4.68 Å². The number of carbonyl (C=O) groups is 1. The van der Waals surface area contributed by atoms with Gasteiger partial charge in [0, 0.05) is 11.4 Å². The van der Waals surface area contributed by atoms with Gasteiger partial charge in [0.15, 0.2) is 0 Å². The van der Waals surface area contributed by atoms with Crippen LogP contribution in [0.1, 0.15) is 35.2 Å². The summed E-state index contributed by atoms with van der Waals surface area (Å²) in [6, 6.07) is 9.65. The van der Waals surface area contributed by atoms with Crippen molar-refractivity contribution in [1.82, 2.24) is 14.8 Å². The third-order valence-electron chi connectivity index (χ3n) is 5.23. The maximum Gasteiger partial charge on any atom is 0.416 e. The Morgan fingerprint density at radius 3 is 2.58 bits per heavy atom. The summed E-state index contributed by atoms with van der Waals surface area (Å²) in [5.41, 5.74) is 2.11. The highest BCUT2D eigenvalue weighted by Crippen LogP contribution is 2.41. The van der Waals surface area contributed by atoms with Crippen molar-refractivity contribution < 1.29 is 18.0 Å². The van der Waals surface area contributed by atoms with E-state index < -0.39 is 23.7 Å². The van der Waals surface area contributed by atoms with Crippen LogP contribution in [0.2, 0.25) is 0 Å². The molecule has 0 spiro atoms. The quantitative estimate of drug-likeness (QED) is 0.627. The van der Waals surface area contributed by atoms with Crippen LogP contribution in [0.3, 0.4) is 0 Å². The lowest BCUT2D eigenvalue weighted by molar-refractivity contribution is -0.138. The summed E-state index contributed by atoms with van der Waals surface area (Å²) < 4.78 is 42.7. The Balaban J connectivity index is 1.83. The molecule has 31 heavy (non-hydrogen) atoms. The van der Waals surface area contributed by atoms with E-state index in [2.05, 4.69) is 20.7 Å². The molecule has 0 radical (unpaired) electrons. The molecule has 1 aliphatic rings. The Bertz CT molecular complexity index is 1200. The Morgan fingerprint density at radius 1 is 1.13 bits per heavy atom. The van der Waals surface area contributed by atoms with Gasteiger partial charge in [-0.1, -0.05) is 35.9 Å². The predicted molar refractivity (Wildman–Crippen MR) is 110 cm³/mol. The molecule has 6 nitrogen and oxygen atoms in total. The largest absolute Gasteiger partial charge is 0.416 e. The fourth-order valence-electron chi connectivity index (χ4n) is 3.81. The van der Waals surface area contributed by atoms with E-state index in [0.29, 0.717) is 11.4 Å². The van der Waals surface area contributed by atoms with E-state index in [1.807, 2.05) is 26.0 Å². The number of halogens is 3. The smallest absolute Gasteiger partial charge is 0.328 e. The fraction of sp³-hybridized carbons (Fsp3) is 0.227. The number of benzene rings is 2. The zero-order valence-corrected chi connectivity index (χ0v) is 17.1. The van der Waals surface area contributed by atoms with Crippen LogP contribution in [0, 0.1) is 13.8 Å². The Labute approximate surface area is 176 Å². The minimum atomic E-state index is -4.59. The molecule has 0 saturated heterocycles. The van der Waals surface area contributed by atoms with Crippen molar-refractivity contribution in [3.63, 3.8) is 0 Å². The molecule has 1 amide bonds. The number of aryl methyl sites for hydroxylation is 2. The van der Waals surface area contributed by atoms with E-state index in [1.165, 1.54) is 29.2 Å². The predicted octanol–water partition coefficient (Wildman–Crippen LogP) is 4.84. The lowest BCUT2D eigenvalue weighted by Gasteiger charge is -2.30. The number of nitrogens with zero attached hydrogens (tertiary/aromatic N) is 3. The summed E-state index contributed by atoms with van der Waals surface area (Å²) in [5.74, 6) is -0.248. The first-order valence-electron chi connectivity index (χ1n) is 9.59. The van der Waals surface area contributed by atoms with Crippen molar-refractivity contribution in [3.8, 4) is 0 Å². The minimum absolute atomic E-state index is 0.0756. The summed E-state index contributed by atoms with van der Waals surface area (Å²) in [6.45, 7) is 5.43. The summed E-state index contributed by atoms with van der Waals surface area (Å²) in [4.78, 5) is 17.4. The molecule has 0 bridgehead atoms. The number of nitrogens with one attached hydrogen (secondary N) is 2. The zero-order chi connectivity index (χ0) is 22.3. The molecule has 9 heteroatoms. The summed E-state index contributed by atoms with van der Waals surface area (Å²) >= 11 is 0. The molecule has 0 aliphatic carbocycles. The summed E-state index contributed by atoms with van der Waals surface area (Å²) in [5, 5.41) is 9.91. The first kappa shape index (κ1) is 20.6. The van der Waals surface area contributed by atoms with E-state index in [4.69, 9.17) is 0 Å². The first-order valence-corrected chi connectivity index (χ1v) is 9.59. The molecule has 2 heterocycles. The number of anilines is 2. The number of hydrogen-bond acceptors (Lipinski definition) is 4. The second kappa shape index (κ2) is 7.57. The van der Waals surface area contributed by atoms with Gasteiger partial charge in [0.25, 0.3) is 5.91 Å². The SMILES string of the molecule is CC1=C(C(=O)Nc2ccc(C)cc2C)[C@H](c2ccccc2C(F)(F)F)n2ncnc2N1. The van der Waals surface area contributed by atoms with Gasteiger partial charge < -0.3 is 10.6 Å². The van der Waals surface area contributed by atoms with Crippen LogP contribution in [-0.4, -0.2) is 20.7 Å². The van der Waals surface area contributed by atoms with E-state index in [0.717, 1.165) is 17.2 Å². The lowest BCUT2D eigenvalue weighted by atomic mass is 9.91. The number of allylic oxidation sites excluding steroid dienone is 1. The zero-order valence-electron chi connectivity index (χ0n) is 17.1. The molecule has 1 atom stereocenters. The second-order valence-electron chi connectivity index (χ2n) is 7.45. The molecular formula is C22H20F3N5O. The van der Waals surface area contributed by atoms with Gasteiger partial charge in [-0.15, -0.1) is 0 Å². The van der Waals surface area contributed by atoms with Crippen LogP contribution in [0.15, 0.2) is 60.1 Å². The van der Waals surface area contributed by atoms with Crippen molar-refractivity contribution in [1.29, 1.82) is 0 Å². The van der Waals surface area contributed by atoms with E-state index >= 15 is 0 Å². The van der Waals surface area contributed by atoms with Crippen molar-refractivity contribution >= 4 is 17.5 Å². The standard InChI is InChI=1S/C22H20F3N5O/c1-12-8-9-17(13(2)10-12)29-20(31)18-14(3)28-21-26-11-27-30(21)19(18)15-6-4-5-7-16(15)22(23,24)25/h4-11,19H,1-3H3,(H,29,31)(H,26,27,28)/t19-/m0/s1. The summed E-state index contributed by atoms with van der Waals surface area (Å²) in [7, 11) is 0. The highest BCUT2D eigenvalue weighted by molar-refractivity contribution is 6.06. The van der Waals surface area contributed by atoms with Crippen LogP contribution >= 0.6 is 0 Å². The molecule has 0 unspecified atom stereocenters. The Kier molecular flexibility index (Phi) is 5.04. The van der Waals surface area contributed by atoms with Crippen molar-refractivity contribution in [2.24, 2.45) is 0 Å².